The van der Waals surface area contributed by atoms with Crippen molar-refractivity contribution < 1.29 is 19.1 Å². The van der Waals surface area contributed by atoms with Crippen molar-refractivity contribution in [2.75, 3.05) is 7.11 Å². The fraction of sp³-hybridized carbons (Fsp3) is 0.0769. The molecule has 9 heteroatoms. The molecule has 1 N–H and O–H groups in total. The highest BCUT2D eigenvalue weighted by Gasteiger charge is 2.24. The van der Waals surface area contributed by atoms with E-state index in [1.807, 2.05) is 18.2 Å². The molecule has 174 valence electrons. The molecule has 35 heavy (non-hydrogen) atoms. The first kappa shape index (κ1) is 22.4. The van der Waals surface area contributed by atoms with Crippen molar-refractivity contribution in [3.8, 4) is 17.2 Å². The smallest absolute Gasteiger partial charge is 0.290 e. The number of aromatic nitrogens is 2. The second-order valence-corrected chi connectivity index (χ2v) is 8.61. The first-order valence-corrected chi connectivity index (χ1v) is 11.5. The van der Waals surface area contributed by atoms with Crippen molar-refractivity contribution in [3.63, 3.8) is 0 Å². The van der Waals surface area contributed by atoms with E-state index in [0.717, 1.165) is 17.3 Å². The molecule has 1 fully saturated rings. The highest BCUT2D eigenvalue weighted by atomic mass is 32.2. The van der Waals surface area contributed by atoms with E-state index in [2.05, 4.69) is 5.32 Å². The standard InChI is InChI=1S/C26H19N3O5S/c1-33-19-6-4-5-17(14-19)29-23(27-21-8-3-2-7-20(21)25(29)31)15-34-18-11-9-16(10-12-18)13-22-24(30)28-26(32)35-22/h2-14H,15H2,1H3,(H,28,30,32)/b22-13+. The molecular formula is C26H19N3O5S. The Balaban J connectivity index is 1.45. The Labute approximate surface area is 204 Å². The number of fused-ring (bicyclic) bond motifs is 1. The van der Waals surface area contributed by atoms with Crippen LogP contribution in [0.4, 0.5) is 4.79 Å². The minimum atomic E-state index is -0.404. The molecule has 1 saturated heterocycles. The Bertz CT molecular complexity index is 1540. The number of imide groups is 1. The van der Waals surface area contributed by atoms with Crippen molar-refractivity contribution in [1.29, 1.82) is 0 Å². The highest BCUT2D eigenvalue weighted by Crippen LogP contribution is 2.26. The second kappa shape index (κ2) is 9.47. The summed E-state index contributed by atoms with van der Waals surface area (Å²) in [5.74, 6) is 1.21. The van der Waals surface area contributed by atoms with Gasteiger partial charge in [-0.1, -0.05) is 30.3 Å². The summed E-state index contributed by atoms with van der Waals surface area (Å²) >= 11 is 0.865. The van der Waals surface area contributed by atoms with Gasteiger partial charge in [-0.3, -0.25) is 24.3 Å². The zero-order valence-corrected chi connectivity index (χ0v) is 19.4. The molecule has 8 nitrogen and oxygen atoms in total. The van der Waals surface area contributed by atoms with Gasteiger partial charge in [0, 0.05) is 6.07 Å². The molecule has 2 heterocycles. The second-order valence-electron chi connectivity index (χ2n) is 7.60. The molecule has 0 radical (unpaired) electrons. The van der Waals surface area contributed by atoms with E-state index in [4.69, 9.17) is 14.5 Å². The predicted molar refractivity (Wildman–Crippen MR) is 134 cm³/mol. The monoisotopic (exact) mass is 485 g/mol. The number of thioether (sulfide) groups is 1. The number of ether oxygens (including phenoxy) is 2. The molecule has 0 unspecified atom stereocenters. The van der Waals surface area contributed by atoms with E-state index in [9.17, 15) is 14.4 Å². The topological polar surface area (TPSA) is 99.5 Å². The average Bonchev–Trinajstić information content (AvgIpc) is 3.19. The molecule has 1 aliphatic heterocycles. The van der Waals surface area contributed by atoms with Crippen molar-refractivity contribution in [2.24, 2.45) is 0 Å². The van der Waals surface area contributed by atoms with Crippen molar-refractivity contribution >= 4 is 39.9 Å². The Morgan fingerprint density at radius 2 is 1.77 bits per heavy atom. The SMILES string of the molecule is COc1cccc(-n2c(COc3ccc(/C=C4/SC(=O)NC4=O)cc3)nc3ccccc3c2=O)c1. The van der Waals surface area contributed by atoms with Gasteiger partial charge in [-0.2, -0.15) is 0 Å². The maximum atomic E-state index is 13.4. The van der Waals surface area contributed by atoms with E-state index < -0.39 is 5.91 Å². The number of methoxy groups -OCH3 is 1. The molecule has 3 aromatic carbocycles. The number of nitrogens with zero attached hydrogens (tertiary/aromatic N) is 2. The van der Waals surface area contributed by atoms with Gasteiger partial charge < -0.3 is 9.47 Å². The fourth-order valence-electron chi connectivity index (χ4n) is 3.67. The Morgan fingerprint density at radius 3 is 2.51 bits per heavy atom. The Hall–Kier alpha value is -4.37. The van der Waals surface area contributed by atoms with Crippen LogP contribution in [-0.2, 0) is 11.4 Å². The first-order chi connectivity index (χ1) is 17.0. The number of nitrogens with one attached hydrogen (secondary N) is 1. The molecule has 5 rings (SSSR count). The van der Waals surface area contributed by atoms with Crippen LogP contribution in [0, 0.1) is 0 Å². The normalized spacial score (nSPS) is 14.4. The van der Waals surface area contributed by atoms with Gasteiger partial charge in [0.2, 0.25) is 0 Å². The van der Waals surface area contributed by atoms with Gasteiger partial charge in [0.05, 0.1) is 28.6 Å². The minimum absolute atomic E-state index is 0.0461. The molecular weight excluding hydrogens is 466 g/mol. The van der Waals surface area contributed by atoms with Gasteiger partial charge in [-0.25, -0.2) is 4.98 Å². The lowest BCUT2D eigenvalue weighted by atomic mass is 10.2. The Kier molecular flexibility index (Phi) is 6.07. The van der Waals surface area contributed by atoms with Gasteiger partial charge in [-0.05, 0) is 59.8 Å². The summed E-state index contributed by atoms with van der Waals surface area (Å²) in [6.07, 6.45) is 1.64. The van der Waals surface area contributed by atoms with Crippen molar-refractivity contribution in [2.45, 2.75) is 6.61 Å². The number of carbonyl (C=O) groups is 2. The third-order valence-corrected chi connectivity index (χ3v) is 6.16. The van der Waals surface area contributed by atoms with E-state index in [0.29, 0.717) is 38.8 Å². The van der Waals surface area contributed by atoms with Crippen LogP contribution in [0.25, 0.3) is 22.7 Å². The molecule has 0 atom stereocenters. The maximum absolute atomic E-state index is 13.4. The molecule has 1 aliphatic rings. The molecule has 0 aliphatic carbocycles. The number of carbonyl (C=O) groups excluding carboxylic acids is 2. The van der Waals surface area contributed by atoms with Gasteiger partial charge >= 0.3 is 0 Å². The van der Waals surface area contributed by atoms with Crippen LogP contribution >= 0.6 is 11.8 Å². The number of hydrogen-bond acceptors (Lipinski definition) is 7. The van der Waals surface area contributed by atoms with Crippen LogP contribution in [0.1, 0.15) is 11.4 Å². The third kappa shape index (κ3) is 4.67. The molecule has 0 bridgehead atoms. The number of para-hydroxylation sites is 1. The molecule has 1 aromatic heterocycles. The molecule has 2 amide bonds. The summed E-state index contributed by atoms with van der Waals surface area (Å²) in [6, 6.07) is 21.4. The average molecular weight is 486 g/mol. The summed E-state index contributed by atoms with van der Waals surface area (Å²) in [6.45, 7) is 0.0461. The number of hydrogen-bond donors (Lipinski definition) is 1. The van der Waals surface area contributed by atoms with Gasteiger partial charge in [0.25, 0.3) is 16.7 Å². The molecule has 4 aromatic rings. The third-order valence-electron chi connectivity index (χ3n) is 5.34. The lowest BCUT2D eigenvalue weighted by Gasteiger charge is -2.15. The molecule has 0 spiro atoms. The van der Waals surface area contributed by atoms with E-state index in [1.54, 1.807) is 67.8 Å². The zero-order chi connectivity index (χ0) is 24.4. The van der Waals surface area contributed by atoms with Crippen molar-refractivity contribution in [3.05, 3.63) is 99.4 Å². The summed E-state index contributed by atoms with van der Waals surface area (Å²) in [5.41, 5.74) is 1.75. The zero-order valence-electron chi connectivity index (χ0n) is 18.6. The highest BCUT2D eigenvalue weighted by molar-refractivity contribution is 8.18. The van der Waals surface area contributed by atoms with Crippen LogP contribution in [0.5, 0.6) is 11.5 Å². The van der Waals surface area contributed by atoms with Gasteiger partial charge in [0.1, 0.15) is 18.1 Å². The van der Waals surface area contributed by atoms with E-state index >= 15 is 0 Å². The van der Waals surface area contributed by atoms with Gasteiger partial charge in [0.15, 0.2) is 5.82 Å². The minimum Gasteiger partial charge on any atom is -0.497 e. The summed E-state index contributed by atoms with van der Waals surface area (Å²) in [4.78, 5) is 41.5. The van der Waals surface area contributed by atoms with Crippen LogP contribution in [0.3, 0.4) is 0 Å². The van der Waals surface area contributed by atoms with Crippen LogP contribution in [0.15, 0.2) is 82.5 Å². The lowest BCUT2D eigenvalue weighted by molar-refractivity contribution is -0.115. The van der Waals surface area contributed by atoms with Gasteiger partial charge in [-0.15, -0.1) is 0 Å². The van der Waals surface area contributed by atoms with Crippen LogP contribution < -0.4 is 20.3 Å². The number of rotatable bonds is 6. The summed E-state index contributed by atoms with van der Waals surface area (Å²) in [7, 11) is 1.57. The maximum Gasteiger partial charge on any atom is 0.290 e. The molecule has 0 saturated carbocycles. The van der Waals surface area contributed by atoms with E-state index in [-0.39, 0.29) is 17.4 Å². The Morgan fingerprint density at radius 1 is 0.971 bits per heavy atom. The van der Waals surface area contributed by atoms with Crippen LogP contribution in [0.2, 0.25) is 0 Å². The predicted octanol–water partition coefficient (Wildman–Crippen LogP) is 4.30. The van der Waals surface area contributed by atoms with E-state index in [1.165, 1.54) is 4.57 Å². The first-order valence-electron chi connectivity index (χ1n) is 10.6. The quantitative estimate of drug-likeness (QED) is 0.407. The lowest BCUT2D eigenvalue weighted by Crippen LogP contribution is -2.25. The largest absolute Gasteiger partial charge is 0.497 e. The summed E-state index contributed by atoms with van der Waals surface area (Å²) < 4.78 is 12.8. The number of benzene rings is 3. The van der Waals surface area contributed by atoms with Crippen molar-refractivity contribution in [1.82, 2.24) is 14.9 Å². The summed E-state index contributed by atoms with van der Waals surface area (Å²) in [5, 5.41) is 2.35. The number of amides is 2. The fourth-order valence-corrected chi connectivity index (χ4v) is 4.35. The van der Waals surface area contributed by atoms with Crippen LogP contribution in [-0.4, -0.2) is 27.8 Å².